The summed E-state index contributed by atoms with van der Waals surface area (Å²) in [6, 6.07) is 15.0. The van der Waals surface area contributed by atoms with Gasteiger partial charge in [0.15, 0.2) is 0 Å². The molecule has 5 heteroatoms. The summed E-state index contributed by atoms with van der Waals surface area (Å²) in [7, 11) is 0. The molecular weight excluding hydrogens is 291 g/mol. The van der Waals surface area contributed by atoms with Crippen molar-refractivity contribution in [1.82, 2.24) is 20.2 Å². The molecule has 2 heterocycles. The number of nitrogens with zero attached hydrogens (tertiary/aromatic N) is 2. The Kier molecular flexibility index (Phi) is 3.81. The Balaban J connectivity index is 1.77. The summed E-state index contributed by atoms with van der Waals surface area (Å²) < 4.78 is 15.4. The van der Waals surface area contributed by atoms with E-state index in [1.165, 1.54) is 12.1 Å². The smallest absolute Gasteiger partial charge is 0.128 e. The Morgan fingerprint density at radius 2 is 1.91 bits per heavy atom. The van der Waals surface area contributed by atoms with Crippen LogP contribution in [0.2, 0.25) is 0 Å². The number of piperazine rings is 1. The van der Waals surface area contributed by atoms with Gasteiger partial charge < -0.3 is 15.2 Å². The Labute approximate surface area is 134 Å². The Morgan fingerprint density at radius 3 is 2.70 bits per heavy atom. The van der Waals surface area contributed by atoms with E-state index in [0.29, 0.717) is 6.54 Å². The molecule has 2 aromatic carbocycles. The van der Waals surface area contributed by atoms with E-state index in [-0.39, 0.29) is 11.9 Å². The van der Waals surface area contributed by atoms with Crippen molar-refractivity contribution >= 4 is 11.0 Å². The first-order valence-corrected chi connectivity index (χ1v) is 7.95. The van der Waals surface area contributed by atoms with Crippen LogP contribution in [-0.2, 0) is 6.54 Å². The molecule has 1 saturated heterocycles. The summed E-state index contributed by atoms with van der Waals surface area (Å²) in [5, 5.41) is 6.94. The van der Waals surface area contributed by atoms with E-state index in [1.54, 1.807) is 0 Å². The highest BCUT2D eigenvalue weighted by Crippen LogP contribution is 2.23. The number of hydrogen-bond acceptors (Lipinski definition) is 3. The van der Waals surface area contributed by atoms with Crippen molar-refractivity contribution in [3.63, 3.8) is 0 Å². The number of aromatic nitrogens is 2. The molecular formula is C18H19FN4. The average Bonchev–Trinajstić information content (AvgIpc) is 2.96. The van der Waals surface area contributed by atoms with Crippen LogP contribution in [0.25, 0.3) is 11.0 Å². The molecule has 0 radical (unpaired) electrons. The van der Waals surface area contributed by atoms with Gasteiger partial charge in [-0.15, -0.1) is 0 Å². The SMILES string of the molecule is Fc1ccc(Cn2c(C3CNCCN3)nc3ccccc32)cc1. The molecule has 0 bridgehead atoms. The van der Waals surface area contributed by atoms with Gasteiger partial charge in [0.05, 0.1) is 17.1 Å². The molecule has 1 atom stereocenters. The second kappa shape index (κ2) is 6.10. The zero-order valence-electron chi connectivity index (χ0n) is 12.8. The van der Waals surface area contributed by atoms with Crippen LogP contribution in [0.5, 0.6) is 0 Å². The lowest BCUT2D eigenvalue weighted by Crippen LogP contribution is -2.43. The number of rotatable bonds is 3. The van der Waals surface area contributed by atoms with Gasteiger partial charge in [-0.25, -0.2) is 9.37 Å². The molecule has 4 rings (SSSR count). The van der Waals surface area contributed by atoms with Crippen LogP contribution in [0.15, 0.2) is 48.5 Å². The molecule has 0 saturated carbocycles. The zero-order chi connectivity index (χ0) is 15.6. The number of hydrogen-bond donors (Lipinski definition) is 2. The lowest BCUT2D eigenvalue weighted by molar-refractivity contribution is 0.406. The zero-order valence-corrected chi connectivity index (χ0v) is 12.8. The summed E-state index contributed by atoms with van der Waals surface area (Å²) in [5.41, 5.74) is 3.18. The molecule has 23 heavy (non-hydrogen) atoms. The third kappa shape index (κ3) is 2.85. The molecule has 3 aromatic rings. The number of para-hydroxylation sites is 2. The Hall–Kier alpha value is -2.24. The second-order valence-electron chi connectivity index (χ2n) is 5.88. The fraction of sp³-hybridized carbons (Fsp3) is 0.278. The maximum Gasteiger partial charge on any atom is 0.128 e. The number of fused-ring (bicyclic) bond motifs is 1. The molecule has 1 aliphatic rings. The van der Waals surface area contributed by atoms with Gasteiger partial charge in [0.1, 0.15) is 11.6 Å². The van der Waals surface area contributed by atoms with E-state index < -0.39 is 0 Å². The molecule has 4 nitrogen and oxygen atoms in total. The van der Waals surface area contributed by atoms with Crippen molar-refractivity contribution in [3.05, 3.63) is 65.7 Å². The summed E-state index contributed by atoms with van der Waals surface area (Å²) in [6.45, 7) is 3.47. The molecule has 1 unspecified atom stereocenters. The number of nitrogens with one attached hydrogen (secondary N) is 2. The Morgan fingerprint density at radius 1 is 1.09 bits per heavy atom. The third-order valence-electron chi connectivity index (χ3n) is 4.29. The molecule has 0 spiro atoms. The summed E-state index contributed by atoms with van der Waals surface area (Å²) in [5.74, 6) is 0.824. The predicted molar refractivity (Wildman–Crippen MR) is 88.8 cm³/mol. The van der Waals surface area contributed by atoms with E-state index in [9.17, 15) is 4.39 Å². The van der Waals surface area contributed by atoms with E-state index in [1.807, 2.05) is 30.3 Å². The van der Waals surface area contributed by atoms with Gasteiger partial charge in [-0.2, -0.15) is 0 Å². The topological polar surface area (TPSA) is 41.9 Å². The standard InChI is InChI=1S/C18H19FN4/c19-14-7-5-13(6-8-14)12-23-17-4-2-1-3-15(17)22-18(23)16-11-20-9-10-21-16/h1-8,16,20-21H,9-12H2. The van der Waals surface area contributed by atoms with Crippen LogP contribution in [0.4, 0.5) is 4.39 Å². The van der Waals surface area contributed by atoms with Gasteiger partial charge in [-0.1, -0.05) is 24.3 Å². The van der Waals surface area contributed by atoms with Crippen molar-refractivity contribution in [1.29, 1.82) is 0 Å². The first-order valence-electron chi connectivity index (χ1n) is 7.95. The molecule has 1 fully saturated rings. The van der Waals surface area contributed by atoms with Gasteiger partial charge >= 0.3 is 0 Å². The Bertz CT molecular complexity index is 804. The predicted octanol–water partition coefficient (Wildman–Crippen LogP) is 2.46. The van der Waals surface area contributed by atoms with E-state index >= 15 is 0 Å². The van der Waals surface area contributed by atoms with Gasteiger partial charge in [0.2, 0.25) is 0 Å². The van der Waals surface area contributed by atoms with Crippen LogP contribution in [0, 0.1) is 5.82 Å². The molecule has 2 N–H and O–H groups in total. The van der Waals surface area contributed by atoms with Crippen LogP contribution in [0.1, 0.15) is 17.4 Å². The molecule has 1 aromatic heterocycles. The fourth-order valence-corrected chi connectivity index (χ4v) is 3.13. The summed E-state index contributed by atoms with van der Waals surface area (Å²) >= 11 is 0. The minimum Gasteiger partial charge on any atom is -0.322 e. The van der Waals surface area contributed by atoms with Gasteiger partial charge in [-0.05, 0) is 29.8 Å². The normalized spacial score (nSPS) is 18.4. The van der Waals surface area contributed by atoms with Crippen LogP contribution in [-0.4, -0.2) is 29.2 Å². The third-order valence-corrected chi connectivity index (χ3v) is 4.29. The van der Waals surface area contributed by atoms with Crippen molar-refractivity contribution in [3.8, 4) is 0 Å². The van der Waals surface area contributed by atoms with Crippen molar-refractivity contribution in [2.75, 3.05) is 19.6 Å². The quantitative estimate of drug-likeness (QED) is 0.781. The lowest BCUT2D eigenvalue weighted by atomic mass is 10.2. The minimum absolute atomic E-state index is 0.191. The van der Waals surface area contributed by atoms with Crippen LogP contribution < -0.4 is 10.6 Å². The number of imidazole rings is 1. The van der Waals surface area contributed by atoms with Crippen LogP contribution >= 0.6 is 0 Å². The molecule has 1 aliphatic heterocycles. The fourth-order valence-electron chi connectivity index (χ4n) is 3.13. The summed E-state index contributed by atoms with van der Waals surface area (Å²) in [4.78, 5) is 4.84. The summed E-state index contributed by atoms with van der Waals surface area (Å²) in [6.07, 6.45) is 0. The molecule has 0 aliphatic carbocycles. The average molecular weight is 310 g/mol. The molecule has 0 amide bonds. The first kappa shape index (κ1) is 14.4. The largest absolute Gasteiger partial charge is 0.322 e. The van der Waals surface area contributed by atoms with E-state index in [2.05, 4.69) is 21.3 Å². The maximum atomic E-state index is 13.2. The van der Waals surface area contributed by atoms with Gasteiger partial charge in [0, 0.05) is 26.2 Å². The lowest BCUT2D eigenvalue weighted by Gasteiger charge is -2.25. The van der Waals surface area contributed by atoms with Gasteiger partial charge in [-0.3, -0.25) is 0 Å². The van der Waals surface area contributed by atoms with Crippen LogP contribution in [0.3, 0.4) is 0 Å². The maximum absolute atomic E-state index is 13.2. The van der Waals surface area contributed by atoms with Crippen molar-refractivity contribution in [2.45, 2.75) is 12.6 Å². The second-order valence-corrected chi connectivity index (χ2v) is 5.88. The van der Waals surface area contributed by atoms with Crippen molar-refractivity contribution in [2.24, 2.45) is 0 Å². The highest BCUT2D eigenvalue weighted by Gasteiger charge is 2.21. The van der Waals surface area contributed by atoms with E-state index in [0.717, 1.165) is 42.1 Å². The monoisotopic (exact) mass is 310 g/mol. The number of benzene rings is 2. The highest BCUT2D eigenvalue weighted by molar-refractivity contribution is 5.76. The van der Waals surface area contributed by atoms with Gasteiger partial charge in [0.25, 0.3) is 0 Å². The first-order chi connectivity index (χ1) is 11.3. The minimum atomic E-state index is -0.206. The number of halogens is 1. The highest BCUT2D eigenvalue weighted by atomic mass is 19.1. The van der Waals surface area contributed by atoms with Crippen molar-refractivity contribution < 1.29 is 4.39 Å². The van der Waals surface area contributed by atoms with E-state index in [4.69, 9.17) is 4.98 Å². The molecule has 118 valence electrons.